The van der Waals surface area contributed by atoms with Gasteiger partial charge in [0, 0.05) is 6.42 Å². The number of carbonyl (C=O) groups is 2. The molecule has 0 spiro atoms. The maximum Gasteiger partial charge on any atom is 0.339 e. The van der Waals surface area contributed by atoms with E-state index in [2.05, 4.69) is 12.6 Å². The quantitative estimate of drug-likeness (QED) is 0.538. The minimum atomic E-state index is -1.26. The molecular formula is C10H10O4S. The van der Waals surface area contributed by atoms with Crippen LogP contribution in [0, 0.1) is 0 Å². The molecule has 1 aromatic rings. The molecule has 0 saturated heterocycles. The summed E-state index contributed by atoms with van der Waals surface area (Å²) in [5.41, 5.74) is -0.232. The average Bonchev–Trinajstić information content (AvgIpc) is 2.17. The van der Waals surface area contributed by atoms with Crippen molar-refractivity contribution >= 4 is 24.4 Å². The van der Waals surface area contributed by atoms with Gasteiger partial charge in [0.05, 0.1) is 5.56 Å². The lowest BCUT2D eigenvalue weighted by atomic mass is 10.0. The smallest absolute Gasteiger partial charge is 0.339 e. The number of hydrogen-bond acceptors (Lipinski definition) is 4. The highest BCUT2D eigenvalue weighted by Gasteiger charge is 2.16. The van der Waals surface area contributed by atoms with Crippen molar-refractivity contribution < 1.29 is 19.8 Å². The average molecular weight is 226 g/mol. The molecule has 0 aliphatic rings. The molecule has 0 heterocycles. The van der Waals surface area contributed by atoms with Crippen LogP contribution >= 0.6 is 12.6 Å². The fourth-order valence-electron chi connectivity index (χ4n) is 1.18. The van der Waals surface area contributed by atoms with Gasteiger partial charge in [-0.1, -0.05) is 6.07 Å². The molecule has 15 heavy (non-hydrogen) atoms. The van der Waals surface area contributed by atoms with Crippen LogP contribution in [0.25, 0.3) is 0 Å². The van der Waals surface area contributed by atoms with E-state index in [0.717, 1.165) is 0 Å². The van der Waals surface area contributed by atoms with Crippen LogP contribution in [0.3, 0.4) is 0 Å². The number of thiol groups is 1. The Morgan fingerprint density at radius 3 is 2.40 bits per heavy atom. The van der Waals surface area contributed by atoms with Gasteiger partial charge in [-0.05, 0) is 17.9 Å². The first-order valence-electron chi connectivity index (χ1n) is 4.27. The van der Waals surface area contributed by atoms with Crippen molar-refractivity contribution in [1.29, 1.82) is 0 Å². The van der Waals surface area contributed by atoms with Gasteiger partial charge in [-0.15, -0.1) is 0 Å². The molecule has 5 heteroatoms. The molecule has 0 fully saturated rings. The zero-order valence-corrected chi connectivity index (χ0v) is 8.70. The van der Waals surface area contributed by atoms with Crippen molar-refractivity contribution in [3.05, 3.63) is 29.3 Å². The topological polar surface area (TPSA) is 74.6 Å². The van der Waals surface area contributed by atoms with E-state index in [1.54, 1.807) is 0 Å². The maximum absolute atomic E-state index is 11.4. The van der Waals surface area contributed by atoms with Crippen molar-refractivity contribution in [3.63, 3.8) is 0 Å². The summed E-state index contributed by atoms with van der Waals surface area (Å²) in [4.78, 5) is 22.1. The van der Waals surface area contributed by atoms with Gasteiger partial charge in [-0.25, -0.2) is 4.79 Å². The highest BCUT2D eigenvalue weighted by atomic mass is 32.1. The van der Waals surface area contributed by atoms with E-state index in [4.69, 9.17) is 5.11 Å². The molecule has 0 aliphatic carbocycles. The lowest BCUT2D eigenvalue weighted by Gasteiger charge is -2.05. The summed E-state index contributed by atoms with van der Waals surface area (Å²) >= 11 is 3.89. The molecular weight excluding hydrogens is 216 g/mol. The van der Waals surface area contributed by atoms with Crippen LogP contribution in [0.4, 0.5) is 0 Å². The second-order valence-corrected chi connectivity index (χ2v) is 3.35. The van der Waals surface area contributed by atoms with Crippen LogP contribution in [0.1, 0.15) is 27.1 Å². The zero-order valence-electron chi connectivity index (χ0n) is 7.80. The van der Waals surface area contributed by atoms with Crippen LogP contribution in [-0.2, 0) is 0 Å². The second-order valence-electron chi connectivity index (χ2n) is 2.90. The Morgan fingerprint density at radius 2 is 1.87 bits per heavy atom. The predicted octanol–water partition coefficient (Wildman–Crippen LogP) is 1.59. The lowest BCUT2D eigenvalue weighted by Crippen LogP contribution is -2.04. The molecule has 2 N–H and O–H groups in total. The Balaban J connectivity index is 3.15. The summed E-state index contributed by atoms with van der Waals surface area (Å²) in [6.45, 7) is 0. The number of carbonyl (C=O) groups excluding carboxylic acids is 1. The first-order valence-corrected chi connectivity index (χ1v) is 4.90. The normalized spacial score (nSPS) is 9.93. The van der Waals surface area contributed by atoms with Gasteiger partial charge in [-0.2, -0.15) is 12.6 Å². The number of carboxylic acids is 1. The third-order valence-electron chi connectivity index (χ3n) is 1.91. The molecule has 4 nitrogen and oxygen atoms in total. The molecule has 0 unspecified atom stereocenters. The van der Waals surface area contributed by atoms with Crippen molar-refractivity contribution in [2.75, 3.05) is 5.75 Å². The van der Waals surface area contributed by atoms with Crippen LogP contribution in [0.15, 0.2) is 18.2 Å². The highest BCUT2D eigenvalue weighted by Crippen LogP contribution is 2.23. The third kappa shape index (κ3) is 2.50. The maximum atomic E-state index is 11.4. The number of aromatic hydroxyl groups is 1. The van der Waals surface area contributed by atoms with Crippen LogP contribution in [0.5, 0.6) is 5.75 Å². The van der Waals surface area contributed by atoms with Crippen molar-refractivity contribution in [2.24, 2.45) is 0 Å². The monoisotopic (exact) mass is 226 g/mol. The highest BCUT2D eigenvalue weighted by molar-refractivity contribution is 7.80. The Kier molecular flexibility index (Phi) is 3.74. The van der Waals surface area contributed by atoms with Crippen LogP contribution in [-0.4, -0.2) is 27.7 Å². The largest absolute Gasteiger partial charge is 0.506 e. The summed E-state index contributed by atoms with van der Waals surface area (Å²) < 4.78 is 0. The summed E-state index contributed by atoms with van der Waals surface area (Å²) in [5.74, 6) is -1.69. The van der Waals surface area contributed by atoms with Gasteiger partial charge < -0.3 is 10.2 Å². The van der Waals surface area contributed by atoms with Crippen molar-refractivity contribution in [1.82, 2.24) is 0 Å². The summed E-state index contributed by atoms with van der Waals surface area (Å²) in [7, 11) is 0. The van der Waals surface area contributed by atoms with E-state index in [0.29, 0.717) is 5.75 Å². The minimum absolute atomic E-state index is 0.0314. The molecule has 0 radical (unpaired) electrons. The van der Waals surface area contributed by atoms with E-state index in [9.17, 15) is 14.7 Å². The molecule has 80 valence electrons. The number of aromatic carboxylic acids is 1. The Bertz CT molecular complexity index is 400. The molecule has 0 saturated carbocycles. The zero-order chi connectivity index (χ0) is 11.4. The predicted molar refractivity (Wildman–Crippen MR) is 57.9 cm³/mol. The first-order chi connectivity index (χ1) is 7.07. The fourth-order valence-corrected chi connectivity index (χ4v) is 1.38. The van der Waals surface area contributed by atoms with Gasteiger partial charge >= 0.3 is 5.97 Å². The standard InChI is InChI=1S/C10H10O4S/c11-8(4-5-15)6-2-1-3-7(9(6)12)10(13)14/h1-3,12,15H,4-5H2,(H,13,14). The first kappa shape index (κ1) is 11.6. The van der Waals surface area contributed by atoms with Crippen molar-refractivity contribution in [3.8, 4) is 5.75 Å². The fraction of sp³-hybridized carbons (Fsp3) is 0.200. The summed E-state index contributed by atoms with van der Waals surface area (Å²) in [6, 6.07) is 4.07. The number of hydrogen-bond donors (Lipinski definition) is 3. The van der Waals surface area contributed by atoms with Crippen molar-refractivity contribution in [2.45, 2.75) is 6.42 Å². The van der Waals surface area contributed by atoms with Crippen LogP contribution < -0.4 is 0 Å². The number of Topliss-reactive ketones (excluding diaryl/α,β-unsaturated/α-hetero) is 1. The summed E-state index contributed by atoms with van der Waals surface area (Å²) in [5, 5.41) is 18.2. The number of ketones is 1. The molecule has 0 atom stereocenters. The molecule has 1 rings (SSSR count). The van der Waals surface area contributed by atoms with Gasteiger partial charge in [0.15, 0.2) is 5.78 Å². The van der Waals surface area contributed by atoms with Gasteiger partial charge in [-0.3, -0.25) is 4.79 Å². The van der Waals surface area contributed by atoms with Crippen LogP contribution in [0.2, 0.25) is 0 Å². The van der Waals surface area contributed by atoms with Gasteiger partial charge in [0.25, 0.3) is 0 Å². The number of phenols is 1. The van der Waals surface area contributed by atoms with Gasteiger partial charge in [0.2, 0.25) is 0 Å². The molecule has 1 aromatic carbocycles. The Morgan fingerprint density at radius 1 is 1.27 bits per heavy atom. The van der Waals surface area contributed by atoms with E-state index in [-0.39, 0.29) is 23.3 Å². The van der Waals surface area contributed by atoms with E-state index >= 15 is 0 Å². The number of benzene rings is 1. The minimum Gasteiger partial charge on any atom is -0.506 e. The number of rotatable bonds is 4. The third-order valence-corrected chi connectivity index (χ3v) is 2.13. The molecule has 0 amide bonds. The Labute approximate surface area is 92.0 Å². The van der Waals surface area contributed by atoms with E-state index < -0.39 is 11.7 Å². The van der Waals surface area contributed by atoms with E-state index in [1.165, 1.54) is 18.2 Å². The SMILES string of the molecule is O=C(O)c1cccc(C(=O)CCS)c1O. The molecule has 0 aliphatic heterocycles. The lowest BCUT2D eigenvalue weighted by molar-refractivity contribution is 0.0693. The number of para-hydroxylation sites is 1. The van der Waals surface area contributed by atoms with Gasteiger partial charge in [0.1, 0.15) is 11.3 Å². The van der Waals surface area contributed by atoms with E-state index in [1.807, 2.05) is 0 Å². The molecule has 0 aromatic heterocycles. The number of carboxylic acid groups (broad SMARTS) is 1. The summed E-state index contributed by atoms with van der Waals surface area (Å²) in [6.07, 6.45) is 0.166. The molecule has 0 bridgehead atoms. The second kappa shape index (κ2) is 4.84. The Hall–Kier alpha value is -1.49.